The second-order valence-electron chi connectivity index (χ2n) is 4.51. The van der Waals surface area contributed by atoms with Crippen molar-refractivity contribution in [2.75, 3.05) is 5.75 Å². The van der Waals surface area contributed by atoms with Gasteiger partial charge in [-0.1, -0.05) is 41.9 Å². The Bertz CT molecular complexity index is 844. The quantitative estimate of drug-likeness (QED) is 0.484. The van der Waals surface area contributed by atoms with Gasteiger partial charge in [0, 0.05) is 11.1 Å². The van der Waals surface area contributed by atoms with E-state index in [2.05, 4.69) is 17.1 Å². The Morgan fingerprint density at radius 3 is 2.91 bits per heavy atom. The third-order valence-electron chi connectivity index (χ3n) is 3.01. The summed E-state index contributed by atoms with van der Waals surface area (Å²) in [5.41, 5.74) is 0.533. The van der Waals surface area contributed by atoms with E-state index in [1.165, 1.54) is 28.0 Å². The van der Waals surface area contributed by atoms with E-state index in [1.54, 1.807) is 16.7 Å². The van der Waals surface area contributed by atoms with E-state index in [0.29, 0.717) is 26.6 Å². The largest absolute Gasteiger partial charge is 0.292 e. The fourth-order valence-corrected chi connectivity index (χ4v) is 4.20. The summed E-state index contributed by atoms with van der Waals surface area (Å²) in [5, 5.41) is 9.62. The van der Waals surface area contributed by atoms with Gasteiger partial charge in [-0.05, 0) is 24.6 Å². The van der Waals surface area contributed by atoms with Gasteiger partial charge in [-0.15, -0.1) is 21.5 Å². The first kappa shape index (κ1) is 15.8. The summed E-state index contributed by atoms with van der Waals surface area (Å²) in [6.07, 6.45) is 2.63. The zero-order chi connectivity index (χ0) is 15.7. The van der Waals surface area contributed by atoms with Gasteiger partial charge in [0.05, 0.1) is 20.7 Å². The molecule has 0 spiro atoms. The minimum Gasteiger partial charge on any atom is -0.292 e. The maximum absolute atomic E-state index is 12.2. The Labute approximate surface area is 145 Å². The summed E-state index contributed by atoms with van der Waals surface area (Å²) in [6.45, 7) is 2.07. The number of aryl methyl sites for hydroxylation is 1. The molecule has 0 aliphatic heterocycles. The highest BCUT2D eigenvalue weighted by Crippen LogP contribution is 2.26. The average molecular weight is 372 g/mol. The number of nitrogens with zero attached hydrogens (tertiary/aromatic N) is 3. The van der Waals surface area contributed by atoms with Gasteiger partial charge in [-0.3, -0.25) is 9.20 Å². The lowest BCUT2D eigenvalue weighted by molar-refractivity contribution is 0.102. The normalized spacial score (nSPS) is 11.2. The second-order valence-corrected chi connectivity index (χ2v) is 7.47. The van der Waals surface area contributed by atoms with Gasteiger partial charge in [0.2, 0.25) is 0 Å². The second kappa shape index (κ2) is 6.58. The van der Waals surface area contributed by atoms with Crippen molar-refractivity contribution in [2.45, 2.75) is 18.5 Å². The molecule has 0 aliphatic carbocycles. The number of thiophene rings is 1. The molecule has 0 aliphatic rings. The molecule has 0 fully saturated rings. The molecule has 3 heterocycles. The van der Waals surface area contributed by atoms with Crippen LogP contribution in [0.3, 0.4) is 0 Å². The molecule has 0 atom stereocenters. The van der Waals surface area contributed by atoms with Crippen molar-refractivity contribution in [3.8, 4) is 0 Å². The van der Waals surface area contributed by atoms with Crippen molar-refractivity contribution >= 4 is 57.7 Å². The molecule has 8 heteroatoms. The number of fused-ring (bicyclic) bond motifs is 1. The number of aromatic nitrogens is 3. The molecule has 4 nitrogen and oxygen atoms in total. The predicted molar refractivity (Wildman–Crippen MR) is 91.8 cm³/mol. The highest BCUT2D eigenvalue weighted by molar-refractivity contribution is 7.99. The summed E-state index contributed by atoms with van der Waals surface area (Å²) in [7, 11) is 0. The van der Waals surface area contributed by atoms with Crippen LogP contribution in [0.15, 0.2) is 29.6 Å². The van der Waals surface area contributed by atoms with Gasteiger partial charge in [0.1, 0.15) is 0 Å². The fourth-order valence-electron chi connectivity index (χ4n) is 1.92. The lowest BCUT2D eigenvalue weighted by atomic mass is 10.3. The van der Waals surface area contributed by atoms with Crippen LogP contribution in [0.1, 0.15) is 21.5 Å². The van der Waals surface area contributed by atoms with Crippen LogP contribution in [-0.2, 0) is 6.42 Å². The zero-order valence-corrected chi connectivity index (χ0v) is 14.7. The molecule has 0 radical (unpaired) electrons. The maximum Gasteiger partial charge on any atom is 0.196 e. The van der Waals surface area contributed by atoms with E-state index in [4.69, 9.17) is 23.2 Å². The minimum atomic E-state index is 0.0829. The molecule has 0 aromatic carbocycles. The van der Waals surface area contributed by atoms with Gasteiger partial charge in [0.25, 0.3) is 0 Å². The molecule has 0 unspecified atom stereocenters. The molecule has 114 valence electrons. The van der Waals surface area contributed by atoms with E-state index in [1.807, 2.05) is 12.1 Å². The van der Waals surface area contributed by atoms with Crippen molar-refractivity contribution in [1.82, 2.24) is 14.6 Å². The van der Waals surface area contributed by atoms with Crippen LogP contribution in [0, 0.1) is 0 Å². The Balaban J connectivity index is 1.78. The number of pyridine rings is 1. The monoisotopic (exact) mass is 371 g/mol. The third kappa shape index (κ3) is 3.15. The number of halogens is 2. The molecular weight excluding hydrogens is 361 g/mol. The standard InChI is InChI=1S/C14H11Cl2N3OS2/c1-2-9-3-4-12(22-9)11(20)7-21-14-18-17-13-10(16)5-8(15)6-19(13)14/h3-6H,2,7H2,1H3. The van der Waals surface area contributed by atoms with Crippen molar-refractivity contribution in [3.05, 3.63) is 44.2 Å². The zero-order valence-electron chi connectivity index (χ0n) is 11.5. The first-order valence-corrected chi connectivity index (χ1v) is 9.08. The number of hydrogen-bond acceptors (Lipinski definition) is 5. The summed E-state index contributed by atoms with van der Waals surface area (Å²) in [5.74, 6) is 0.383. The van der Waals surface area contributed by atoms with Gasteiger partial charge in [-0.25, -0.2) is 0 Å². The average Bonchev–Trinajstić information content (AvgIpc) is 3.11. The molecule has 0 N–H and O–H groups in total. The number of Topliss-reactive ketones (excluding diaryl/α,β-unsaturated/α-hetero) is 1. The van der Waals surface area contributed by atoms with Gasteiger partial charge in [0.15, 0.2) is 16.6 Å². The van der Waals surface area contributed by atoms with Crippen molar-refractivity contribution < 1.29 is 4.79 Å². The molecule has 0 saturated carbocycles. The molecule has 3 aromatic rings. The Kier molecular flexibility index (Phi) is 4.73. The van der Waals surface area contributed by atoms with Crippen LogP contribution in [0.5, 0.6) is 0 Å². The molecule has 0 saturated heterocycles. The van der Waals surface area contributed by atoms with Crippen LogP contribution in [0.4, 0.5) is 0 Å². The van der Waals surface area contributed by atoms with Crippen LogP contribution in [0.2, 0.25) is 10.0 Å². The van der Waals surface area contributed by atoms with E-state index >= 15 is 0 Å². The summed E-state index contributed by atoms with van der Waals surface area (Å²) in [6, 6.07) is 5.49. The first-order valence-electron chi connectivity index (χ1n) is 6.53. The Morgan fingerprint density at radius 1 is 1.36 bits per heavy atom. The molecular formula is C14H11Cl2N3OS2. The van der Waals surface area contributed by atoms with Crippen LogP contribution in [0.25, 0.3) is 5.65 Å². The third-order valence-corrected chi connectivity index (χ3v) is 5.71. The number of rotatable bonds is 5. The predicted octanol–water partition coefficient (Wildman–Crippen LogP) is 4.64. The smallest absolute Gasteiger partial charge is 0.196 e. The van der Waals surface area contributed by atoms with Crippen molar-refractivity contribution in [1.29, 1.82) is 0 Å². The van der Waals surface area contributed by atoms with E-state index in [9.17, 15) is 4.79 Å². The topological polar surface area (TPSA) is 47.3 Å². The number of ketones is 1. The number of carbonyl (C=O) groups is 1. The molecule has 22 heavy (non-hydrogen) atoms. The highest BCUT2D eigenvalue weighted by atomic mass is 35.5. The van der Waals surface area contributed by atoms with Gasteiger partial charge in [-0.2, -0.15) is 0 Å². The number of carbonyl (C=O) groups excluding carboxylic acids is 1. The lowest BCUT2D eigenvalue weighted by Gasteiger charge is -2.01. The Hall–Kier alpha value is -1.08. The van der Waals surface area contributed by atoms with Crippen LogP contribution >= 0.6 is 46.3 Å². The van der Waals surface area contributed by atoms with Crippen LogP contribution in [-0.4, -0.2) is 26.1 Å². The van der Waals surface area contributed by atoms with Gasteiger partial charge < -0.3 is 0 Å². The number of thioether (sulfide) groups is 1. The first-order chi connectivity index (χ1) is 10.6. The van der Waals surface area contributed by atoms with Gasteiger partial charge >= 0.3 is 0 Å². The minimum absolute atomic E-state index is 0.0829. The fraction of sp³-hybridized carbons (Fsp3) is 0.214. The van der Waals surface area contributed by atoms with Crippen molar-refractivity contribution in [3.63, 3.8) is 0 Å². The van der Waals surface area contributed by atoms with E-state index in [0.717, 1.165) is 11.3 Å². The molecule has 3 aromatic heterocycles. The summed E-state index contributed by atoms with van der Waals surface area (Å²) < 4.78 is 1.70. The SMILES string of the molecule is CCc1ccc(C(=O)CSc2nnc3c(Cl)cc(Cl)cn23)s1. The number of hydrogen-bond donors (Lipinski definition) is 0. The van der Waals surface area contributed by atoms with E-state index < -0.39 is 0 Å². The summed E-state index contributed by atoms with van der Waals surface area (Å²) in [4.78, 5) is 14.2. The Morgan fingerprint density at radius 2 is 2.18 bits per heavy atom. The molecule has 3 rings (SSSR count). The molecule has 0 amide bonds. The maximum atomic E-state index is 12.2. The molecule has 0 bridgehead atoms. The van der Waals surface area contributed by atoms with E-state index in [-0.39, 0.29) is 5.78 Å². The highest BCUT2D eigenvalue weighted by Gasteiger charge is 2.14. The lowest BCUT2D eigenvalue weighted by Crippen LogP contribution is -2.00. The van der Waals surface area contributed by atoms with Crippen LogP contribution < -0.4 is 0 Å². The summed E-state index contributed by atoms with van der Waals surface area (Å²) >= 11 is 14.9. The van der Waals surface area contributed by atoms with Crippen molar-refractivity contribution in [2.24, 2.45) is 0 Å².